The molecule has 0 unspecified atom stereocenters. The van der Waals surface area contributed by atoms with E-state index in [1.807, 2.05) is 6.07 Å². The first-order valence-electron chi connectivity index (χ1n) is 4.68. The molecule has 0 N–H and O–H groups in total. The van der Waals surface area contributed by atoms with Gasteiger partial charge in [0, 0.05) is 11.8 Å². The molecule has 0 aliphatic rings. The van der Waals surface area contributed by atoms with E-state index in [1.165, 1.54) is 16.9 Å². The van der Waals surface area contributed by atoms with Crippen LogP contribution in [0.1, 0.15) is 11.3 Å². The molecule has 2 aromatic heterocycles. The van der Waals surface area contributed by atoms with Gasteiger partial charge in [-0.2, -0.15) is 10.4 Å². The Labute approximate surface area is 96.1 Å². The Morgan fingerprint density at radius 1 is 1.53 bits per heavy atom. The predicted molar refractivity (Wildman–Crippen MR) is 57.5 cm³/mol. The molecule has 7 heteroatoms. The van der Waals surface area contributed by atoms with E-state index in [-0.39, 0.29) is 5.69 Å². The fourth-order valence-electron chi connectivity index (χ4n) is 1.37. The van der Waals surface area contributed by atoms with Crippen molar-refractivity contribution in [3.8, 4) is 11.9 Å². The minimum atomic E-state index is -0.537. The van der Waals surface area contributed by atoms with Gasteiger partial charge in [0.2, 0.25) is 0 Å². The van der Waals surface area contributed by atoms with Crippen LogP contribution in [0.4, 0.5) is 5.69 Å². The van der Waals surface area contributed by atoms with Gasteiger partial charge in [-0.15, -0.1) is 0 Å². The van der Waals surface area contributed by atoms with Crippen molar-refractivity contribution in [2.75, 3.05) is 0 Å². The Balaban J connectivity index is 2.49. The van der Waals surface area contributed by atoms with Crippen LogP contribution in [0.5, 0.6) is 0 Å². The molecule has 0 bridgehead atoms. The number of nitrogens with zero attached hydrogens (tertiary/aromatic N) is 5. The maximum atomic E-state index is 10.5. The van der Waals surface area contributed by atoms with Crippen molar-refractivity contribution in [2.45, 2.75) is 6.92 Å². The van der Waals surface area contributed by atoms with Crippen LogP contribution >= 0.6 is 0 Å². The van der Waals surface area contributed by atoms with Gasteiger partial charge in [0.15, 0.2) is 5.82 Å². The summed E-state index contributed by atoms with van der Waals surface area (Å²) in [7, 11) is 0. The summed E-state index contributed by atoms with van der Waals surface area (Å²) in [6.45, 7) is 1.74. The van der Waals surface area contributed by atoms with Gasteiger partial charge in [-0.25, -0.2) is 9.67 Å². The Morgan fingerprint density at radius 2 is 2.29 bits per heavy atom. The number of hydrogen-bond donors (Lipinski definition) is 0. The SMILES string of the molecule is Cc1cc(C#N)cc(-n2cc([N+](=O)[O-])cn2)n1. The molecule has 0 aliphatic carbocycles. The van der Waals surface area contributed by atoms with Crippen molar-refractivity contribution in [2.24, 2.45) is 0 Å². The maximum Gasteiger partial charge on any atom is 0.307 e. The number of hydrogen-bond acceptors (Lipinski definition) is 5. The molecule has 0 fully saturated rings. The third kappa shape index (κ3) is 2.10. The Morgan fingerprint density at radius 3 is 2.88 bits per heavy atom. The van der Waals surface area contributed by atoms with Crippen molar-refractivity contribution in [1.29, 1.82) is 5.26 Å². The number of aryl methyl sites for hydroxylation is 1. The van der Waals surface area contributed by atoms with Gasteiger partial charge in [0.25, 0.3) is 0 Å². The van der Waals surface area contributed by atoms with Crippen LogP contribution in [0.2, 0.25) is 0 Å². The molecule has 0 saturated heterocycles. The summed E-state index contributed by atoms with van der Waals surface area (Å²) in [6.07, 6.45) is 2.39. The van der Waals surface area contributed by atoms with Gasteiger partial charge in [-0.05, 0) is 13.0 Å². The van der Waals surface area contributed by atoms with Gasteiger partial charge in [-0.3, -0.25) is 10.1 Å². The minimum Gasteiger partial charge on any atom is -0.258 e. The molecule has 0 spiro atoms. The second-order valence-corrected chi connectivity index (χ2v) is 3.37. The van der Waals surface area contributed by atoms with Crippen LogP contribution in [0.3, 0.4) is 0 Å². The highest BCUT2D eigenvalue weighted by molar-refractivity contribution is 5.38. The molecule has 2 heterocycles. The molecule has 7 nitrogen and oxygen atoms in total. The van der Waals surface area contributed by atoms with E-state index < -0.39 is 4.92 Å². The highest BCUT2D eigenvalue weighted by atomic mass is 16.6. The summed E-state index contributed by atoms with van der Waals surface area (Å²) in [5.41, 5.74) is 0.967. The highest BCUT2D eigenvalue weighted by Crippen LogP contribution is 2.13. The van der Waals surface area contributed by atoms with Gasteiger partial charge in [-0.1, -0.05) is 0 Å². The second kappa shape index (κ2) is 4.02. The maximum absolute atomic E-state index is 10.5. The summed E-state index contributed by atoms with van der Waals surface area (Å²) in [5, 5.41) is 23.2. The molecule has 0 aliphatic heterocycles. The minimum absolute atomic E-state index is 0.119. The molecule has 0 atom stereocenters. The van der Waals surface area contributed by atoms with Gasteiger partial charge in [0.1, 0.15) is 12.4 Å². The fourth-order valence-corrected chi connectivity index (χ4v) is 1.37. The number of rotatable bonds is 2. The third-order valence-electron chi connectivity index (χ3n) is 2.08. The molecular weight excluding hydrogens is 222 g/mol. The van der Waals surface area contributed by atoms with Crippen molar-refractivity contribution in [3.05, 3.63) is 45.9 Å². The quantitative estimate of drug-likeness (QED) is 0.571. The number of aromatic nitrogens is 3. The average Bonchev–Trinajstić information content (AvgIpc) is 2.77. The summed E-state index contributed by atoms with van der Waals surface area (Å²) < 4.78 is 1.27. The first-order chi connectivity index (χ1) is 8.10. The van der Waals surface area contributed by atoms with E-state index in [0.717, 1.165) is 6.20 Å². The predicted octanol–water partition coefficient (Wildman–Crippen LogP) is 1.36. The topological polar surface area (TPSA) is 97.6 Å². The van der Waals surface area contributed by atoms with E-state index in [9.17, 15) is 10.1 Å². The van der Waals surface area contributed by atoms with Crippen molar-refractivity contribution in [1.82, 2.24) is 14.8 Å². The Hall–Kier alpha value is -2.75. The molecule has 0 radical (unpaired) electrons. The molecule has 84 valence electrons. The molecular formula is C10H7N5O2. The molecule has 0 aromatic carbocycles. The van der Waals surface area contributed by atoms with Crippen molar-refractivity contribution < 1.29 is 4.92 Å². The lowest BCUT2D eigenvalue weighted by Crippen LogP contribution is -2.00. The Kier molecular flexibility index (Phi) is 2.54. The lowest BCUT2D eigenvalue weighted by Gasteiger charge is -2.01. The fraction of sp³-hybridized carbons (Fsp3) is 0.100. The normalized spacial score (nSPS) is 9.88. The Bertz CT molecular complexity index is 626. The van der Waals surface area contributed by atoms with E-state index >= 15 is 0 Å². The molecule has 17 heavy (non-hydrogen) atoms. The molecule has 2 rings (SSSR count). The first-order valence-corrected chi connectivity index (χ1v) is 4.68. The molecule has 0 amide bonds. The standard InChI is InChI=1S/C10H7N5O2/c1-7-2-8(4-11)3-10(13-7)14-6-9(5-12-14)15(16)17/h2-3,5-6H,1H3. The number of nitriles is 1. The lowest BCUT2D eigenvalue weighted by molar-refractivity contribution is -0.384. The van der Waals surface area contributed by atoms with Crippen LogP contribution < -0.4 is 0 Å². The number of pyridine rings is 1. The van der Waals surface area contributed by atoms with Gasteiger partial charge >= 0.3 is 5.69 Å². The van der Waals surface area contributed by atoms with E-state index in [4.69, 9.17) is 5.26 Å². The zero-order valence-electron chi connectivity index (χ0n) is 8.86. The summed E-state index contributed by atoms with van der Waals surface area (Å²) >= 11 is 0. The first kappa shape index (κ1) is 10.8. The second-order valence-electron chi connectivity index (χ2n) is 3.37. The third-order valence-corrected chi connectivity index (χ3v) is 2.08. The zero-order chi connectivity index (χ0) is 12.4. The van der Waals surface area contributed by atoms with E-state index in [0.29, 0.717) is 17.1 Å². The molecule has 2 aromatic rings. The van der Waals surface area contributed by atoms with Gasteiger partial charge in [0.05, 0.1) is 16.6 Å². The summed E-state index contributed by atoms with van der Waals surface area (Å²) in [5.74, 6) is 0.384. The van der Waals surface area contributed by atoms with Crippen LogP contribution in [-0.2, 0) is 0 Å². The smallest absolute Gasteiger partial charge is 0.258 e. The van der Waals surface area contributed by atoms with Crippen LogP contribution in [0, 0.1) is 28.4 Å². The van der Waals surface area contributed by atoms with Crippen LogP contribution in [0.25, 0.3) is 5.82 Å². The average molecular weight is 229 g/mol. The largest absolute Gasteiger partial charge is 0.307 e. The zero-order valence-corrected chi connectivity index (χ0v) is 8.86. The lowest BCUT2D eigenvalue weighted by atomic mass is 10.2. The van der Waals surface area contributed by atoms with Crippen molar-refractivity contribution >= 4 is 5.69 Å². The van der Waals surface area contributed by atoms with Crippen LogP contribution in [0.15, 0.2) is 24.5 Å². The van der Waals surface area contributed by atoms with Crippen LogP contribution in [-0.4, -0.2) is 19.7 Å². The monoisotopic (exact) mass is 229 g/mol. The van der Waals surface area contributed by atoms with E-state index in [1.54, 1.807) is 13.0 Å². The summed E-state index contributed by atoms with van der Waals surface area (Å²) in [4.78, 5) is 14.1. The van der Waals surface area contributed by atoms with Gasteiger partial charge < -0.3 is 0 Å². The number of nitro groups is 1. The highest BCUT2D eigenvalue weighted by Gasteiger charge is 2.11. The van der Waals surface area contributed by atoms with Crippen molar-refractivity contribution in [3.63, 3.8) is 0 Å². The summed E-state index contributed by atoms with van der Waals surface area (Å²) in [6, 6.07) is 5.14. The van der Waals surface area contributed by atoms with E-state index in [2.05, 4.69) is 10.1 Å². The molecule has 0 saturated carbocycles.